The maximum atomic E-state index is 12.6. The number of aromatic nitrogens is 1. The molecule has 1 saturated heterocycles. The fraction of sp³-hybridized carbons (Fsp3) is 0.583. The summed E-state index contributed by atoms with van der Waals surface area (Å²) in [6, 6.07) is 12.8. The lowest BCUT2D eigenvalue weighted by Gasteiger charge is -2.32. The van der Waals surface area contributed by atoms with Gasteiger partial charge in [0.2, 0.25) is 5.91 Å². The number of amides is 1. The van der Waals surface area contributed by atoms with Crippen LogP contribution in [0.1, 0.15) is 56.4 Å². The fourth-order valence-corrected chi connectivity index (χ4v) is 5.51. The molecule has 2 N–H and O–H groups in total. The molecule has 2 aromatic rings. The highest BCUT2D eigenvalue weighted by atomic mass is 32.2. The predicted molar refractivity (Wildman–Crippen MR) is 120 cm³/mol. The van der Waals surface area contributed by atoms with Gasteiger partial charge in [-0.15, -0.1) is 11.8 Å². The van der Waals surface area contributed by atoms with Crippen molar-refractivity contribution in [1.29, 1.82) is 0 Å². The highest BCUT2D eigenvalue weighted by molar-refractivity contribution is 7.98. The van der Waals surface area contributed by atoms with Crippen LogP contribution in [-0.2, 0) is 17.0 Å². The monoisotopic (exact) mass is 427 g/mol. The molecule has 2 atom stereocenters. The SMILES string of the molecule is O=C(CC1CCNCC1Cc1cc(CSc2ccccc2)on1)NC1CCCCC1. The lowest BCUT2D eigenvalue weighted by molar-refractivity contribution is -0.123. The zero-order valence-corrected chi connectivity index (χ0v) is 18.5. The summed E-state index contributed by atoms with van der Waals surface area (Å²) in [5.74, 6) is 2.77. The van der Waals surface area contributed by atoms with Crippen molar-refractivity contribution in [3.05, 3.63) is 47.9 Å². The molecule has 1 aliphatic carbocycles. The van der Waals surface area contributed by atoms with E-state index in [0.29, 0.717) is 24.3 Å². The lowest BCUT2D eigenvalue weighted by Crippen LogP contribution is -2.42. The number of thioether (sulfide) groups is 1. The summed E-state index contributed by atoms with van der Waals surface area (Å²) < 4.78 is 5.57. The van der Waals surface area contributed by atoms with E-state index in [1.165, 1.54) is 24.2 Å². The van der Waals surface area contributed by atoms with Crippen molar-refractivity contribution in [2.24, 2.45) is 11.8 Å². The van der Waals surface area contributed by atoms with Gasteiger partial charge in [-0.2, -0.15) is 0 Å². The minimum atomic E-state index is 0.235. The number of rotatable bonds is 8. The van der Waals surface area contributed by atoms with E-state index in [-0.39, 0.29) is 5.91 Å². The minimum absolute atomic E-state index is 0.235. The Morgan fingerprint density at radius 2 is 1.97 bits per heavy atom. The van der Waals surface area contributed by atoms with Crippen LogP contribution in [0.3, 0.4) is 0 Å². The Kier molecular flexibility index (Phi) is 7.87. The van der Waals surface area contributed by atoms with Gasteiger partial charge in [0.05, 0.1) is 11.4 Å². The standard InChI is InChI=1S/C24H33N3O2S/c28-24(26-20-7-3-1-4-8-20)14-18-11-12-25-16-19(18)13-21-15-22(29-27-21)17-30-23-9-5-2-6-10-23/h2,5-6,9-10,15,18-20,25H,1,3-4,7-8,11-14,16-17H2,(H,26,28). The van der Waals surface area contributed by atoms with Crippen LogP contribution in [0.15, 0.2) is 45.8 Å². The molecule has 5 nitrogen and oxygen atoms in total. The van der Waals surface area contributed by atoms with Gasteiger partial charge in [0.15, 0.2) is 0 Å². The summed E-state index contributed by atoms with van der Waals surface area (Å²) in [5.41, 5.74) is 1.00. The van der Waals surface area contributed by atoms with Crippen molar-refractivity contribution in [1.82, 2.24) is 15.8 Å². The first-order valence-corrected chi connectivity index (χ1v) is 12.4. The number of hydrogen-bond donors (Lipinski definition) is 2. The molecular weight excluding hydrogens is 394 g/mol. The number of nitrogens with one attached hydrogen (secondary N) is 2. The second-order valence-corrected chi connectivity index (χ2v) is 9.76. The molecule has 6 heteroatoms. The van der Waals surface area contributed by atoms with E-state index in [1.807, 2.05) is 6.07 Å². The molecule has 1 aromatic heterocycles. The Balaban J connectivity index is 1.27. The average Bonchev–Trinajstić information content (AvgIpc) is 3.22. The molecule has 2 unspecified atom stereocenters. The first kappa shape index (κ1) is 21.4. The van der Waals surface area contributed by atoms with Gasteiger partial charge in [-0.3, -0.25) is 4.79 Å². The molecule has 162 valence electrons. The van der Waals surface area contributed by atoms with Gasteiger partial charge in [0, 0.05) is 23.4 Å². The summed E-state index contributed by atoms with van der Waals surface area (Å²) in [7, 11) is 0. The Hall–Kier alpha value is -1.79. The van der Waals surface area contributed by atoms with Gasteiger partial charge in [-0.05, 0) is 62.7 Å². The average molecular weight is 428 g/mol. The number of piperidine rings is 1. The Morgan fingerprint density at radius 1 is 1.13 bits per heavy atom. The van der Waals surface area contributed by atoms with Crippen molar-refractivity contribution in [3.8, 4) is 0 Å². The number of nitrogens with zero attached hydrogens (tertiary/aromatic N) is 1. The Morgan fingerprint density at radius 3 is 2.80 bits per heavy atom. The van der Waals surface area contributed by atoms with Gasteiger partial charge < -0.3 is 15.2 Å². The lowest BCUT2D eigenvalue weighted by atomic mass is 9.81. The molecule has 2 heterocycles. The van der Waals surface area contributed by atoms with Crippen LogP contribution in [0, 0.1) is 11.8 Å². The summed E-state index contributed by atoms with van der Waals surface area (Å²) >= 11 is 1.76. The molecule has 2 fully saturated rings. The summed E-state index contributed by atoms with van der Waals surface area (Å²) in [4.78, 5) is 13.9. The maximum Gasteiger partial charge on any atom is 0.220 e. The number of carbonyl (C=O) groups excluding carboxylic acids is 1. The van der Waals surface area contributed by atoms with E-state index in [4.69, 9.17) is 4.52 Å². The second kappa shape index (κ2) is 11.0. The summed E-state index contributed by atoms with van der Waals surface area (Å²) in [6.45, 7) is 1.94. The minimum Gasteiger partial charge on any atom is -0.360 e. The van der Waals surface area contributed by atoms with Gasteiger partial charge in [-0.1, -0.05) is 42.6 Å². The van der Waals surface area contributed by atoms with Crippen molar-refractivity contribution in [2.45, 2.75) is 68.1 Å². The van der Waals surface area contributed by atoms with Crippen LogP contribution in [0.4, 0.5) is 0 Å². The zero-order chi connectivity index (χ0) is 20.6. The van der Waals surface area contributed by atoms with Crippen LogP contribution < -0.4 is 10.6 Å². The molecular formula is C24H33N3O2S. The molecule has 1 amide bonds. The predicted octanol–water partition coefficient (Wildman–Crippen LogP) is 4.57. The van der Waals surface area contributed by atoms with E-state index in [2.05, 4.69) is 46.1 Å². The molecule has 0 spiro atoms. The highest BCUT2D eigenvalue weighted by Crippen LogP contribution is 2.28. The molecule has 0 bridgehead atoms. The molecule has 30 heavy (non-hydrogen) atoms. The zero-order valence-electron chi connectivity index (χ0n) is 17.6. The molecule has 1 aromatic carbocycles. The van der Waals surface area contributed by atoms with Gasteiger partial charge in [-0.25, -0.2) is 0 Å². The second-order valence-electron chi connectivity index (χ2n) is 8.71. The van der Waals surface area contributed by atoms with E-state index < -0.39 is 0 Å². The third kappa shape index (κ3) is 6.35. The third-order valence-corrected chi connectivity index (χ3v) is 7.42. The Bertz CT molecular complexity index is 789. The topological polar surface area (TPSA) is 67.2 Å². The van der Waals surface area contributed by atoms with Gasteiger partial charge in [0.25, 0.3) is 0 Å². The number of benzene rings is 1. The summed E-state index contributed by atoms with van der Waals surface area (Å²) in [5, 5.41) is 11.1. The molecule has 1 aliphatic heterocycles. The smallest absolute Gasteiger partial charge is 0.220 e. The fourth-order valence-electron chi connectivity index (χ4n) is 4.72. The molecule has 1 saturated carbocycles. The van der Waals surface area contributed by atoms with Gasteiger partial charge in [0.1, 0.15) is 5.76 Å². The largest absolute Gasteiger partial charge is 0.360 e. The molecule has 2 aliphatic rings. The van der Waals surface area contributed by atoms with Crippen LogP contribution in [0.2, 0.25) is 0 Å². The van der Waals surface area contributed by atoms with Crippen molar-refractivity contribution < 1.29 is 9.32 Å². The first-order chi connectivity index (χ1) is 14.8. The summed E-state index contributed by atoms with van der Waals surface area (Å²) in [6.07, 6.45) is 8.65. The number of carbonyl (C=O) groups is 1. The van der Waals surface area contributed by atoms with Gasteiger partial charge >= 0.3 is 0 Å². The van der Waals surface area contributed by atoms with Crippen molar-refractivity contribution in [3.63, 3.8) is 0 Å². The van der Waals surface area contributed by atoms with Crippen molar-refractivity contribution >= 4 is 17.7 Å². The molecule has 0 radical (unpaired) electrons. The quantitative estimate of drug-likeness (QED) is 0.604. The Labute approximate surface area is 183 Å². The highest BCUT2D eigenvalue weighted by Gasteiger charge is 2.29. The number of hydrogen-bond acceptors (Lipinski definition) is 5. The van der Waals surface area contributed by atoms with Crippen molar-refractivity contribution in [2.75, 3.05) is 13.1 Å². The van der Waals surface area contributed by atoms with Crippen LogP contribution in [0.25, 0.3) is 0 Å². The normalized spacial score (nSPS) is 22.7. The van der Waals surface area contributed by atoms with Crippen LogP contribution in [-0.4, -0.2) is 30.2 Å². The molecule has 4 rings (SSSR count). The van der Waals surface area contributed by atoms with Crippen LogP contribution >= 0.6 is 11.8 Å². The van der Waals surface area contributed by atoms with E-state index >= 15 is 0 Å². The van der Waals surface area contributed by atoms with E-state index in [0.717, 1.165) is 56.0 Å². The van der Waals surface area contributed by atoms with Crippen LogP contribution in [0.5, 0.6) is 0 Å². The van der Waals surface area contributed by atoms with E-state index in [9.17, 15) is 4.79 Å². The first-order valence-electron chi connectivity index (χ1n) is 11.4. The maximum absolute atomic E-state index is 12.6. The van der Waals surface area contributed by atoms with E-state index in [1.54, 1.807) is 11.8 Å². The third-order valence-electron chi connectivity index (χ3n) is 6.39.